The highest BCUT2D eigenvalue weighted by Gasteiger charge is 2.19. The molecule has 2 N–H and O–H groups in total. The molecule has 1 heterocycles. The van der Waals surface area contributed by atoms with E-state index in [1.807, 2.05) is 22.6 Å². The maximum absolute atomic E-state index is 12.1. The zero-order chi connectivity index (χ0) is 14.7. The van der Waals surface area contributed by atoms with Crippen LogP contribution >= 0.6 is 45.2 Å². The molecule has 5 nitrogen and oxygen atoms in total. The van der Waals surface area contributed by atoms with E-state index in [0.717, 1.165) is 8.59 Å². The summed E-state index contributed by atoms with van der Waals surface area (Å²) in [6.45, 7) is 0. The minimum atomic E-state index is -0.402. The van der Waals surface area contributed by atoms with Gasteiger partial charge in [0.25, 0.3) is 5.91 Å². The molecule has 0 aromatic carbocycles. The smallest absolute Gasteiger partial charge is 0.272 e. The molecular weight excluding hydrogens is 484 g/mol. The lowest BCUT2D eigenvalue weighted by Gasteiger charge is -2.14. The molecule has 1 aromatic heterocycles. The molecule has 0 radical (unpaired) electrons. The number of rotatable bonds is 2. The lowest BCUT2D eigenvalue weighted by Crippen LogP contribution is -2.33. The number of carbonyl (C=O) groups excluding carboxylic acids is 2. The number of amides is 1. The highest BCUT2D eigenvalue weighted by Crippen LogP contribution is 2.26. The van der Waals surface area contributed by atoms with Gasteiger partial charge < -0.3 is 0 Å². The summed E-state index contributed by atoms with van der Waals surface area (Å²) in [6.07, 6.45) is 7.81. The van der Waals surface area contributed by atoms with Gasteiger partial charge in [-0.15, -0.1) is 0 Å². The quantitative estimate of drug-likeness (QED) is 0.226. The average molecular weight is 493 g/mol. The molecule has 1 aromatic rings. The summed E-state index contributed by atoms with van der Waals surface area (Å²) in [6, 6.07) is 3.12. The van der Waals surface area contributed by atoms with Crippen LogP contribution in [0.1, 0.15) is 10.4 Å². The Hall–Kier alpha value is -1.07. The second kappa shape index (κ2) is 6.59. The standard InChI is InChI=1S/C13H9I2N3O2/c14-10-5-9(12(19)11(15)6-10)7-18(16)13(20)8-1-3-17-4-2-8/h1-7H,16H2. The van der Waals surface area contributed by atoms with Crippen LogP contribution in [0, 0.1) is 0 Å². The van der Waals surface area contributed by atoms with Gasteiger partial charge in [0.1, 0.15) is 0 Å². The summed E-state index contributed by atoms with van der Waals surface area (Å²) in [7, 11) is 0. The van der Waals surface area contributed by atoms with E-state index in [9.17, 15) is 9.59 Å². The van der Waals surface area contributed by atoms with Gasteiger partial charge in [-0.05, 0) is 69.5 Å². The van der Waals surface area contributed by atoms with E-state index in [2.05, 4.69) is 27.6 Å². The van der Waals surface area contributed by atoms with Crippen molar-refractivity contribution in [2.75, 3.05) is 0 Å². The molecule has 0 saturated heterocycles. The van der Waals surface area contributed by atoms with Crippen LogP contribution < -0.4 is 5.84 Å². The first-order valence-electron chi connectivity index (χ1n) is 5.48. The van der Waals surface area contributed by atoms with Crippen LogP contribution in [0.4, 0.5) is 0 Å². The van der Waals surface area contributed by atoms with Crippen molar-refractivity contribution in [2.24, 2.45) is 5.84 Å². The van der Waals surface area contributed by atoms with Crippen molar-refractivity contribution in [3.63, 3.8) is 0 Å². The largest absolute Gasteiger partial charge is 0.288 e. The van der Waals surface area contributed by atoms with Gasteiger partial charge in [0.2, 0.25) is 5.78 Å². The number of Topliss-reactive ketones (excluding diaryl/α,β-unsaturated/α-hetero) is 1. The van der Waals surface area contributed by atoms with Crippen molar-refractivity contribution >= 4 is 56.9 Å². The van der Waals surface area contributed by atoms with Gasteiger partial charge in [0.05, 0.1) is 3.58 Å². The summed E-state index contributed by atoms with van der Waals surface area (Å²) in [5, 5.41) is 0.915. The zero-order valence-electron chi connectivity index (χ0n) is 10.1. The lowest BCUT2D eigenvalue weighted by atomic mass is 10.1. The number of halogens is 2. The SMILES string of the molecule is NN(C=C1C=C(I)C=C(I)C1=O)C(=O)c1ccncc1. The van der Waals surface area contributed by atoms with Crippen LogP contribution in [0.3, 0.4) is 0 Å². The summed E-state index contributed by atoms with van der Waals surface area (Å²) in [5.74, 6) is 5.16. The van der Waals surface area contributed by atoms with Gasteiger partial charge in [-0.2, -0.15) is 0 Å². The van der Waals surface area contributed by atoms with Gasteiger partial charge in [-0.3, -0.25) is 19.6 Å². The maximum Gasteiger partial charge on any atom is 0.272 e. The molecule has 1 aliphatic carbocycles. The molecule has 7 heteroatoms. The fourth-order valence-corrected chi connectivity index (χ4v) is 3.42. The Kier molecular flexibility index (Phi) is 5.05. The lowest BCUT2D eigenvalue weighted by molar-refractivity contribution is -0.111. The fourth-order valence-electron chi connectivity index (χ4n) is 1.53. The van der Waals surface area contributed by atoms with Crippen LogP contribution in [-0.4, -0.2) is 21.7 Å². The van der Waals surface area contributed by atoms with E-state index in [1.165, 1.54) is 18.6 Å². The van der Waals surface area contributed by atoms with Crippen LogP contribution in [0.25, 0.3) is 0 Å². The molecule has 0 aliphatic heterocycles. The van der Waals surface area contributed by atoms with Crippen LogP contribution in [0.5, 0.6) is 0 Å². The molecule has 1 aliphatic rings. The molecule has 2 rings (SSSR count). The van der Waals surface area contributed by atoms with E-state index < -0.39 is 5.91 Å². The molecule has 102 valence electrons. The summed E-state index contributed by atoms with van der Waals surface area (Å²) in [5.41, 5.74) is 0.790. The minimum Gasteiger partial charge on any atom is -0.288 e. The highest BCUT2D eigenvalue weighted by molar-refractivity contribution is 14.1. The number of carbonyl (C=O) groups is 2. The molecular formula is C13H9I2N3O2. The van der Waals surface area contributed by atoms with Crippen molar-refractivity contribution in [1.82, 2.24) is 9.99 Å². The van der Waals surface area contributed by atoms with Gasteiger partial charge >= 0.3 is 0 Å². The van der Waals surface area contributed by atoms with Gasteiger partial charge in [0, 0.05) is 33.3 Å². The predicted molar refractivity (Wildman–Crippen MR) is 91.9 cm³/mol. The number of nitrogens with zero attached hydrogens (tertiary/aromatic N) is 2. The van der Waals surface area contributed by atoms with Crippen molar-refractivity contribution in [1.29, 1.82) is 0 Å². The minimum absolute atomic E-state index is 0.149. The normalized spacial score (nSPS) is 16.8. The number of nitrogens with two attached hydrogens (primary N) is 1. The molecule has 0 atom stereocenters. The molecule has 0 unspecified atom stereocenters. The van der Waals surface area contributed by atoms with Crippen LogP contribution in [0.15, 0.2) is 55.6 Å². The maximum atomic E-state index is 12.1. The highest BCUT2D eigenvalue weighted by atomic mass is 127. The Morgan fingerprint density at radius 2 is 1.90 bits per heavy atom. The number of ketones is 1. The number of hydrogen-bond donors (Lipinski definition) is 1. The topological polar surface area (TPSA) is 76.3 Å². The van der Waals surface area contributed by atoms with E-state index in [-0.39, 0.29) is 5.78 Å². The van der Waals surface area contributed by atoms with Crippen LogP contribution in [0.2, 0.25) is 0 Å². The predicted octanol–water partition coefficient (Wildman–Crippen LogP) is 2.50. The Balaban J connectivity index is 2.25. The Bertz CT molecular complexity index is 651. The third-order valence-electron chi connectivity index (χ3n) is 2.48. The van der Waals surface area contributed by atoms with Gasteiger partial charge in [-0.1, -0.05) is 0 Å². The monoisotopic (exact) mass is 493 g/mol. The van der Waals surface area contributed by atoms with Crippen molar-refractivity contribution in [3.05, 3.63) is 61.2 Å². The van der Waals surface area contributed by atoms with Crippen molar-refractivity contribution < 1.29 is 9.59 Å². The number of pyridine rings is 1. The van der Waals surface area contributed by atoms with Crippen molar-refractivity contribution in [3.8, 4) is 0 Å². The van der Waals surface area contributed by atoms with E-state index in [4.69, 9.17) is 5.84 Å². The molecule has 0 fully saturated rings. The van der Waals surface area contributed by atoms with Crippen molar-refractivity contribution in [2.45, 2.75) is 0 Å². The summed E-state index contributed by atoms with van der Waals surface area (Å²) >= 11 is 4.07. The Morgan fingerprint density at radius 3 is 2.55 bits per heavy atom. The van der Waals surface area contributed by atoms with E-state index in [1.54, 1.807) is 24.3 Å². The number of hydrazine groups is 1. The average Bonchev–Trinajstić information content (AvgIpc) is 2.44. The summed E-state index contributed by atoms with van der Waals surface area (Å²) < 4.78 is 1.49. The molecule has 1 amide bonds. The van der Waals surface area contributed by atoms with E-state index >= 15 is 0 Å². The molecule has 0 spiro atoms. The van der Waals surface area contributed by atoms with Crippen LogP contribution in [-0.2, 0) is 4.79 Å². The number of allylic oxidation sites excluding steroid dienone is 5. The third-order valence-corrected chi connectivity index (χ3v) is 3.90. The summed E-state index contributed by atoms with van der Waals surface area (Å²) in [4.78, 5) is 27.9. The van der Waals surface area contributed by atoms with E-state index in [0.29, 0.717) is 14.7 Å². The van der Waals surface area contributed by atoms with Gasteiger partial charge in [-0.25, -0.2) is 5.84 Å². The number of hydrogen-bond acceptors (Lipinski definition) is 4. The molecule has 0 bridgehead atoms. The Morgan fingerprint density at radius 1 is 1.25 bits per heavy atom. The zero-order valence-corrected chi connectivity index (χ0v) is 14.4. The first kappa shape index (κ1) is 15.3. The molecule has 20 heavy (non-hydrogen) atoms. The molecule has 0 saturated carbocycles. The fraction of sp³-hybridized carbons (Fsp3) is 0. The Labute approximate surface area is 142 Å². The first-order valence-corrected chi connectivity index (χ1v) is 7.64. The number of aromatic nitrogens is 1. The third kappa shape index (κ3) is 3.52. The van der Waals surface area contributed by atoms with Gasteiger partial charge in [0.15, 0.2) is 0 Å². The second-order valence-corrected chi connectivity index (χ2v) is 6.29. The first-order chi connectivity index (χ1) is 9.49. The second-order valence-electron chi connectivity index (χ2n) is 3.88.